The fourth-order valence-corrected chi connectivity index (χ4v) is 9.74. The highest BCUT2D eigenvalue weighted by Crippen LogP contribution is 2.49. The molecule has 16 heteroatoms. The minimum absolute atomic E-state index is 0.0157. The van der Waals surface area contributed by atoms with Crippen molar-refractivity contribution in [3.05, 3.63) is 106 Å². The summed E-state index contributed by atoms with van der Waals surface area (Å²) in [5.74, 6) is -1.69. The first-order valence-electron chi connectivity index (χ1n) is 21.7. The van der Waals surface area contributed by atoms with E-state index in [9.17, 15) is 28.8 Å². The number of fused-ring (bicyclic) bond motifs is 6. The van der Waals surface area contributed by atoms with Crippen molar-refractivity contribution in [3.8, 4) is 0 Å². The Hall–Kier alpha value is -6.68. The number of aryl methyl sites for hydroxylation is 3. The van der Waals surface area contributed by atoms with E-state index in [1.54, 1.807) is 49.3 Å². The second-order valence-electron chi connectivity index (χ2n) is 19.8. The van der Waals surface area contributed by atoms with Crippen LogP contribution in [0, 0.1) is 10.8 Å². The number of hydrogen-bond acceptors (Lipinski definition) is 9. The van der Waals surface area contributed by atoms with Crippen molar-refractivity contribution in [2.75, 3.05) is 13.1 Å². The minimum atomic E-state index is -1.09. The van der Waals surface area contributed by atoms with Gasteiger partial charge in [0.2, 0.25) is 0 Å². The third-order valence-electron chi connectivity index (χ3n) is 12.5. The first kappa shape index (κ1) is 47.8. The van der Waals surface area contributed by atoms with Gasteiger partial charge in [-0.25, -0.2) is 9.97 Å². The predicted octanol–water partition coefficient (Wildman–Crippen LogP) is 6.47. The highest BCUT2D eigenvalue weighted by molar-refractivity contribution is 6.10. The molecule has 0 saturated heterocycles. The zero-order chi connectivity index (χ0) is 47.8. The van der Waals surface area contributed by atoms with Crippen LogP contribution >= 0.6 is 0 Å². The summed E-state index contributed by atoms with van der Waals surface area (Å²) in [5.41, 5.74) is 11.7. The van der Waals surface area contributed by atoms with Gasteiger partial charge in [0.1, 0.15) is 6.54 Å². The van der Waals surface area contributed by atoms with E-state index in [1.807, 2.05) is 63.1 Å². The third-order valence-corrected chi connectivity index (χ3v) is 12.5. The number of Topliss-reactive ketones (excluding diaryl/α,β-unsaturated/α-hetero) is 3. The standard InChI is InChI=1S/C25H30N4O3.C19H22N2O4.C5H9N3/c1-24(2)13-25(3,4)22(31)21-20(24)18-10-15(6-9-19(18)28-21)23(32)27-12-17(30)8-7-16-11-26-14-29(16)5;1-18(2)9-19(3,4)16(24)15-14(18)11-7-10(5-6-12(11)21-15)17(25)20-8-13(22)23;1-8-4-7-3-5(8)2-6/h6,9-11,14,28H,7-8,12-13H2,1-5H3,(H,27,32);5-7,21H,8-9H2,1-4H3,(H,20,25)(H,22,23);3-4H,2,6H2,1H3. The lowest BCUT2D eigenvalue weighted by Gasteiger charge is -2.39. The smallest absolute Gasteiger partial charge is 0.322 e. The van der Waals surface area contributed by atoms with Crippen LogP contribution < -0.4 is 16.4 Å². The first-order chi connectivity index (χ1) is 30.4. The highest BCUT2D eigenvalue weighted by atomic mass is 16.4. The first-order valence-corrected chi connectivity index (χ1v) is 21.7. The number of nitrogens with one attached hydrogen (secondary N) is 4. The Labute approximate surface area is 378 Å². The molecule has 8 rings (SSSR count). The molecular weight excluding hydrogens is 827 g/mol. The summed E-state index contributed by atoms with van der Waals surface area (Å²) in [6, 6.07) is 10.5. The Morgan fingerprint density at radius 1 is 0.677 bits per heavy atom. The number of ketones is 3. The summed E-state index contributed by atoms with van der Waals surface area (Å²) in [6.07, 6.45) is 9.33. The number of aromatic amines is 2. The number of benzene rings is 2. The van der Waals surface area contributed by atoms with Gasteiger partial charge >= 0.3 is 5.97 Å². The molecule has 0 radical (unpaired) electrons. The summed E-state index contributed by atoms with van der Waals surface area (Å²) in [7, 11) is 3.81. The van der Waals surface area contributed by atoms with E-state index in [1.165, 1.54) is 0 Å². The number of imidazole rings is 2. The van der Waals surface area contributed by atoms with Crippen molar-refractivity contribution in [1.82, 2.24) is 39.7 Å². The zero-order valence-electron chi connectivity index (χ0n) is 39.0. The van der Waals surface area contributed by atoms with Crippen LogP contribution in [0.25, 0.3) is 21.8 Å². The van der Waals surface area contributed by atoms with Crippen LogP contribution in [-0.4, -0.2) is 82.4 Å². The minimum Gasteiger partial charge on any atom is -0.480 e. The van der Waals surface area contributed by atoms with E-state index in [0.29, 0.717) is 48.3 Å². The predicted molar refractivity (Wildman–Crippen MR) is 248 cm³/mol. The molecule has 0 aliphatic heterocycles. The van der Waals surface area contributed by atoms with Gasteiger partial charge in [0.15, 0.2) is 17.3 Å². The van der Waals surface area contributed by atoms with Gasteiger partial charge in [-0.1, -0.05) is 55.4 Å². The Kier molecular flexibility index (Phi) is 13.3. The molecular formula is C49H61N9O7. The molecule has 0 unspecified atom stereocenters. The maximum atomic E-state index is 13.0. The third kappa shape index (κ3) is 10.0. The van der Waals surface area contributed by atoms with E-state index < -0.39 is 29.3 Å². The molecule has 2 amide bonds. The molecule has 0 spiro atoms. The van der Waals surface area contributed by atoms with Gasteiger partial charge in [0, 0.05) is 88.9 Å². The molecule has 4 heterocycles. The summed E-state index contributed by atoms with van der Waals surface area (Å²) < 4.78 is 3.78. The number of hydrogen-bond donors (Lipinski definition) is 6. The molecule has 2 aromatic carbocycles. The number of carboxylic acids is 1. The summed E-state index contributed by atoms with van der Waals surface area (Å²) >= 11 is 0. The van der Waals surface area contributed by atoms with Crippen LogP contribution in [0.3, 0.4) is 0 Å². The Balaban J connectivity index is 0.000000188. The SMILES string of the molecule is CC1(C)CC(C)(C)c2c([nH]c3ccc(C(=O)NCC(=O)O)cc23)C1=O.Cn1cncc1CCC(=O)CNC(=O)c1ccc2[nH]c3c(c2c1)C(C)(C)CC(C)(C)C3=O.Cn1cncc1CN. The lowest BCUT2D eigenvalue weighted by Crippen LogP contribution is -2.39. The van der Waals surface area contributed by atoms with Crippen molar-refractivity contribution in [1.29, 1.82) is 0 Å². The number of aromatic nitrogens is 6. The molecule has 0 bridgehead atoms. The van der Waals surface area contributed by atoms with E-state index in [0.717, 1.165) is 50.7 Å². The van der Waals surface area contributed by atoms with E-state index >= 15 is 0 Å². The van der Waals surface area contributed by atoms with Gasteiger partial charge < -0.3 is 40.6 Å². The Bertz CT molecular complexity index is 2830. The quantitative estimate of drug-likeness (QED) is 0.0876. The van der Waals surface area contributed by atoms with Gasteiger partial charge in [-0.2, -0.15) is 0 Å². The number of carbonyl (C=O) groups is 6. The second-order valence-corrected chi connectivity index (χ2v) is 19.8. The molecule has 0 fully saturated rings. The largest absolute Gasteiger partial charge is 0.480 e. The monoisotopic (exact) mass is 887 g/mol. The number of amides is 2. The number of rotatable bonds is 10. The van der Waals surface area contributed by atoms with Crippen molar-refractivity contribution < 1.29 is 33.9 Å². The number of nitrogens with two attached hydrogens (primary N) is 1. The molecule has 7 N–H and O–H groups in total. The molecule has 0 saturated carbocycles. The van der Waals surface area contributed by atoms with E-state index in [4.69, 9.17) is 10.8 Å². The van der Waals surface area contributed by atoms with Crippen LogP contribution in [0.5, 0.6) is 0 Å². The van der Waals surface area contributed by atoms with Crippen LogP contribution in [0.15, 0.2) is 61.4 Å². The summed E-state index contributed by atoms with van der Waals surface area (Å²) in [4.78, 5) is 88.0. The number of nitrogens with zero attached hydrogens (tertiary/aromatic N) is 4. The maximum Gasteiger partial charge on any atom is 0.322 e. The number of aliphatic carboxylic acids is 1. The average Bonchev–Trinajstić information content (AvgIpc) is 4.03. The fourth-order valence-electron chi connectivity index (χ4n) is 9.74. The molecule has 2 aliphatic rings. The molecule has 6 aromatic rings. The van der Waals surface area contributed by atoms with Crippen molar-refractivity contribution >= 4 is 56.9 Å². The highest BCUT2D eigenvalue weighted by Gasteiger charge is 2.47. The van der Waals surface area contributed by atoms with Crippen molar-refractivity contribution in [2.24, 2.45) is 30.7 Å². The Morgan fingerprint density at radius 2 is 1.11 bits per heavy atom. The molecule has 65 heavy (non-hydrogen) atoms. The van der Waals surface area contributed by atoms with Gasteiger partial charge in [-0.15, -0.1) is 0 Å². The number of H-pyrrole nitrogens is 2. The summed E-state index contributed by atoms with van der Waals surface area (Å²) in [6.45, 7) is 16.5. The van der Waals surface area contributed by atoms with Gasteiger partial charge in [0.05, 0.1) is 36.3 Å². The molecule has 344 valence electrons. The van der Waals surface area contributed by atoms with Crippen LogP contribution in [0.1, 0.15) is 139 Å². The molecule has 0 atom stereocenters. The molecule has 16 nitrogen and oxygen atoms in total. The van der Waals surface area contributed by atoms with Crippen LogP contribution in [-0.2, 0) is 47.5 Å². The average molecular weight is 888 g/mol. The second kappa shape index (κ2) is 18.1. The number of carbonyl (C=O) groups excluding carboxylic acids is 5. The topological polar surface area (TPSA) is 240 Å². The zero-order valence-corrected chi connectivity index (χ0v) is 39.0. The number of carboxylic acid groups (broad SMARTS) is 1. The Morgan fingerprint density at radius 3 is 1.49 bits per heavy atom. The van der Waals surface area contributed by atoms with Crippen LogP contribution in [0.4, 0.5) is 0 Å². The lowest BCUT2D eigenvalue weighted by molar-refractivity contribution is -0.135. The lowest BCUT2D eigenvalue weighted by atomic mass is 9.63. The van der Waals surface area contributed by atoms with Gasteiger partial charge in [0.25, 0.3) is 11.8 Å². The van der Waals surface area contributed by atoms with E-state index in [-0.39, 0.29) is 40.6 Å². The van der Waals surface area contributed by atoms with Gasteiger partial charge in [-0.05, 0) is 77.6 Å². The van der Waals surface area contributed by atoms with Crippen molar-refractivity contribution in [2.45, 2.75) is 98.4 Å². The van der Waals surface area contributed by atoms with Crippen molar-refractivity contribution in [3.63, 3.8) is 0 Å². The van der Waals surface area contributed by atoms with E-state index in [2.05, 4.69) is 58.3 Å². The molecule has 4 aromatic heterocycles. The molecule has 2 aliphatic carbocycles. The normalized spacial score (nSPS) is 16.4. The maximum absolute atomic E-state index is 13.0. The fraction of sp³-hybridized carbons (Fsp3) is 0.429. The van der Waals surface area contributed by atoms with Gasteiger partial charge in [-0.3, -0.25) is 28.8 Å². The van der Waals surface area contributed by atoms with Crippen LogP contribution in [0.2, 0.25) is 0 Å². The summed E-state index contributed by atoms with van der Waals surface area (Å²) in [5, 5.41) is 15.5.